The average Bonchev–Trinajstić information content (AvgIpc) is 2.93. The van der Waals surface area contributed by atoms with E-state index in [4.69, 9.17) is 9.47 Å². The van der Waals surface area contributed by atoms with Crippen molar-refractivity contribution in [2.75, 3.05) is 6.79 Å². The highest BCUT2D eigenvalue weighted by Crippen LogP contribution is 2.49. The molecule has 130 valence electrons. The minimum atomic E-state index is -0.0711. The summed E-state index contributed by atoms with van der Waals surface area (Å²) in [5.41, 5.74) is 2.48. The summed E-state index contributed by atoms with van der Waals surface area (Å²) < 4.78 is 11.7. The molecular formula is C23H14O4. The van der Waals surface area contributed by atoms with Crippen LogP contribution >= 0.6 is 0 Å². The lowest BCUT2D eigenvalue weighted by atomic mass is 9.89. The first-order chi connectivity index (χ1) is 13.3. The molecule has 0 fully saturated rings. The maximum Gasteiger partial charge on any atom is 0.231 e. The number of hydrogen-bond donors (Lipinski definition) is 0. The van der Waals surface area contributed by atoms with E-state index in [1.165, 1.54) is 0 Å². The third-order valence-corrected chi connectivity index (χ3v) is 4.97. The minimum absolute atomic E-state index is 0.0711. The van der Waals surface area contributed by atoms with Gasteiger partial charge in [-0.15, -0.1) is 0 Å². The molecule has 4 aromatic carbocycles. The van der Waals surface area contributed by atoms with Crippen molar-refractivity contribution in [1.29, 1.82) is 0 Å². The second kappa shape index (κ2) is 5.95. The van der Waals surface area contributed by atoms with Gasteiger partial charge in [-0.3, -0.25) is 9.59 Å². The van der Waals surface area contributed by atoms with Crippen LogP contribution in [0.4, 0.5) is 0 Å². The zero-order valence-electron chi connectivity index (χ0n) is 14.3. The molecule has 1 heterocycles. The number of aldehydes is 2. The first-order valence-electron chi connectivity index (χ1n) is 8.59. The zero-order valence-corrected chi connectivity index (χ0v) is 14.3. The predicted molar refractivity (Wildman–Crippen MR) is 104 cm³/mol. The Balaban J connectivity index is 2.06. The van der Waals surface area contributed by atoms with Crippen molar-refractivity contribution in [3.8, 4) is 22.6 Å². The Morgan fingerprint density at radius 1 is 0.667 bits per heavy atom. The van der Waals surface area contributed by atoms with Crippen molar-refractivity contribution in [3.05, 3.63) is 71.8 Å². The quantitative estimate of drug-likeness (QED) is 0.475. The first-order valence-corrected chi connectivity index (χ1v) is 8.59. The molecule has 0 atom stereocenters. The number of benzene rings is 4. The summed E-state index contributed by atoms with van der Waals surface area (Å²) in [5.74, 6) is 0.964. The third kappa shape index (κ3) is 2.23. The van der Waals surface area contributed by atoms with Crippen LogP contribution < -0.4 is 9.47 Å². The Hall–Kier alpha value is -3.66. The number of hydrogen-bond acceptors (Lipinski definition) is 4. The third-order valence-electron chi connectivity index (χ3n) is 4.97. The van der Waals surface area contributed by atoms with E-state index in [1.807, 2.05) is 60.7 Å². The van der Waals surface area contributed by atoms with Crippen LogP contribution in [0.5, 0.6) is 11.5 Å². The molecule has 0 bridgehead atoms. The molecule has 0 unspecified atom stereocenters. The van der Waals surface area contributed by atoms with E-state index in [1.54, 1.807) is 0 Å². The molecule has 0 N–H and O–H groups in total. The van der Waals surface area contributed by atoms with E-state index in [0.717, 1.165) is 45.2 Å². The maximum atomic E-state index is 11.8. The summed E-state index contributed by atoms with van der Waals surface area (Å²) in [6, 6.07) is 19.3. The molecule has 0 radical (unpaired) electrons. The Morgan fingerprint density at radius 3 is 1.56 bits per heavy atom. The normalized spacial score (nSPS) is 12.4. The van der Waals surface area contributed by atoms with E-state index in [2.05, 4.69) is 0 Å². The van der Waals surface area contributed by atoms with Gasteiger partial charge in [0.1, 0.15) is 11.5 Å². The number of carbonyl (C=O) groups excluding carboxylic acids is 2. The molecule has 0 amide bonds. The molecule has 0 aliphatic carbocycles. The van der Waals surface area contributed by atoms with Crippen molar-refractivity contribution < 1.29 is 19.1 Å². The van der Waals surface area contributed by atoms with Crippen molar-refractivity contribution in [3.63, 3.8) is 0 Å². The highest BCUT2D eigenvalue weighted by atomic mass is 16.7. The fraction of sp³-hybridized carbons (Fsp3) is 0.0435. The lowest BCUT2D eigenvalue weighted by Crippen LogP contribution is -2.06. The molecule has 1 aliphatic rings. The van der Waals surface area contributed by atoms with Gasteiger partial charge in [-0.2, -0.15) is 0 Å². The van der Waals surface area contributed by atoms with Gasteiger partial charge in [0.15, 0.2) is 12.6 Å². The summed E-state index contributed by atoms with van der Waals surface area (Å²) in [5, 5.41) is 3.74. The molecule has 4 aromatic rings. The van der Waals surface area contributed by atoms with E-state index in [9.17, 15) is 9.59 Å². The van der Waals surface area contributed by atoms with E-state index in [-0.39, 0.29) is 6.79 Å². The van der Waals surface area contributed by atoms with Crippen LogP contribution in [0.3, 0.4) is 0 Å². The average molecular weight is 354 g/mol. The van der Waals surface area contributed by atoms with Crippen molar-refractivity contribution in [2.45, 2.75) is 0 Å². The fourth-order valence-electron chi connectivity index (χ4n) is 3.83. The molecule has 0 saturated heterocycles. The minimum Gasteiger partial charge on any atom is -0.456 e. The summed E-state index contributed by atoms with van der Waals surface area (Å²) >= 11 is 0. The van der Waals surface area contributed by atoms with Gasteiger partial charge in [-0.1, -0.05) is 48.5 Å². The second-order valence-electron chi connectivity index (χ2n) is 6.42. The molecule has 0 aromatic heterocycles. The standard InChI is InChI=1S/C23H14O4/c24-11-16-9-14-5-1-3-7-18(14)20-21-19-8-4-2-6-15(19)10-17(12-25)23(21)27-13-26-22(16)20/h1-12H,13H2. The van der Waals surface area contributed by atoms with Crippen LogP contribution in [0.2, 0.25) is 0 Å². The Bertz CT molecular complexity index is 1140. The monoisotopic (exact) mass is 354 g/mol. The Labute approximate surface area is 154 Å². The lowest BCUT2D eigenvalue weighted by Gasteiger charge is -2.16. The Kier molecular flexibility index (Phi) is 3.44. The fourth-order valence-corrected chi connectivity index (χ4v) is 3.83. The molecule has 0 spiro atoms. The maximum absolute atomic E-state index is 11.8. The van der Waals surface area contributed by atoms with E-state index in [0.29, 0.717) is 22.6 Å². The molecule has 0 saturated carbocycles. The van der Waals surface area contributed by atoms with E-state index >= 15 is 0 Å². The van der Waals surface area contributed by atoms with Gasteiger partial charge in [0.2, 0.25) is 6.79 Å². The molecule has 4 nitrogen and oxygen atoms in total. The molecule has 1 aliphatic heterocycles. The van der Waals surface area contributed by atoms with Crippen LogP contribution in [-0.2, 0) is 0 Å². The number of carbonyl (C=O) groups is 2. The van der Waals surface area contributed by atoms with Gasteiger partial charge >= 0.3 is 0 Å². The van der Waals surface area contributed by atoms with Crippen molar-refractivity contribution >= 4 is 34.1 Å². The number of rotatable bonds is 2. The zero-order chi connectivity index (χ0) is 18.4. The van der Waals surface area contributed by atoms with Crippen molar-refractivity contribution in [1.82, 2.24) is 0 Å². The van der Waals surface area contributed by atoms with Crippen LogP contribution in [0.15, 0.2) is 60.7 Å². The predicted octanol–water partition coefficient (Wildman–Crippen LogP) is 5.01. The smallest absolute Gasteiger partial charge is 0.231 e. The second-order valence-corrected chi connectivity index (χ2v) is 6.42. The number of fused-ring (bicyclic) bond motifs is 7. The van der Waals surface area contributed by atoms with Gasteiger partial charge in [-0.25, -0.2) is 0 Å². The molecule has 27 heavy (non-hydrogen) atoms. The van der Waals surface area contributed by atoms with Crippen molar-refractivity contribution in [2.24, 2.45) is 0 Å². The van der Waals surface area contributed by atoms with Gasteiger partial charge in [0.25, 0.3) is 0 Å². The summed E-state index contributed by atoms with van der Waals surface area (Å²) in [6.45, 7) is -0.0711. The summed E-state index contributed by atoms with van der Waals surface area (Å²) in [4.78, 5) is 23.5. The summed E-state index contributed by atoms with van der Waals surface area (Å²) in [7, 11) is 0. The van der Waals surface area contributed by atoms with Crippen LogP contribution in [-0.4, -0.2) is 19.4 Å². The Morgan fingerprint density at radius 2 is 1.11 bits per heavy atom. The highest BCUT2D eigenvalue weighted by Gasteiger charge is 2.26. The SMILES string of the molecule is O=Cc1cc2ccccc2c2c1OCOc1c(C=O)cc3ccccc3c1-2. The van der Waals surface area contributed by atoms with E-state index < -0.39 is 0 Å². The summed E-state index contributed by atoms with van der Waals surface area (Å²) in [6.07, 6.45) is 1.59. The number of ether oxygens (including phenoxy) is 2. The largest absolute Gasteiger partial charge is 0.456 e. The van der Waals surface area contributed by atoms with Gasteiger partial charge in [0, 0.05) is 11.1 Å². The van der Waals surface area contributed by atoms with Gasteiger partial charge in [-0.05, 0) is 33.7 Å². The highest BCUT2D eigenvalue weighted by molar-refractivity contribution is 6.14. The molecular weight excluding hydrogens is 340 g/mol. The van der Waals surface area contributed by atoms with Crippen LogP contribution in [0, 0.1) is 0 Å². The van der Waals surface area contributed by atoms with Crippen LogP contribution in [0.1, 0.15) is 20.7 Å². The van der Waals surface area contributed by atoms with Gasteiger partial charge < -0.3 is 9.47 Å². The lowest BCUT2D eigenvalue weighted by molar-refractivity contribution is 0.108. The topological polar surface area (TPSA) is 52.6 Å². The molecule has 5 rings (SSSR count). The molecule has 4 heteroatoms. The van der Waals surface area contributed by atoms with Crippen LogP contribution in [0.25, 0.3) is 32.7 Å². The van der Waals surface area contributed by atoms with Gasteiger partial charge in [0.05, 0.1) is 11.1 Å². The first kappa shape index (κ1) is 15.6.